The maximum atomic E-state index is 11.2. The summed E-state index contributed by atoms with van der Waals surface area (Å²) in [6, 6.07) is 8.47. The Morgan fingerprint density at radius 2 is 1.77 bits per heavy atom. The fourth-order valence-electron chi connectivity index (χ4n) is 2.20. The Balaban J connectivity index is 2.38. The number of nitro groups is 2. The van der Waals surface area contributed by atoms with Crippen LogP contribution < -0.4 is 14.5 Å². The van der Waals surface area contributed by atoms with Gasteiger partial charge < -0.3 is 9.47 Å². The number of anilines is 1. The molecule has 0 heterocycles. The van der Waals surface area contributed by atoms with Crippen molar-refractivity contribution in [3.63, 3.8) is 0 Å². The van der Waals surface area contributed by atoms with E-state index in [4.69, 9.17) is 9.47 Å². The molecule has 2 rings (SSSR count). The van der Waals surface area contributed by atoms with Gasteiger partial charge in [0.2, 0.25) is 0 Å². The highest BCUT2D eigenvalue weighted by atomic mass is 16.6. The first-order chi connectivity index (χ1) is 12.4. The van der Waals surface area contributed by atoms with Crippen LogP contribution in [0.1, 0.15) is 5.56 Å². The Bertz CT molecular complexity index is 868. The standard InChI is InChI=1S/C16H16N4O6/c1-18(14-6-4-12(19(21)22)9-15(14)20(23)24)17-10-11-8-13(25-2)5-7-16(11)26-3/h4-10H,1-3H3/b17-10+. The normalized spacial score (nSPS) is 10.6. The molecule has 0 radical (unpaired) electrons. The van der Waals surface area contributed by atoms with E-state index in [0.29, 0.717) is 17.1 Å². The van der Waals surface area contributed by atoms with Gasteiger partial charge in [-0.15, -0.1) is 0 Å². The Kier molecular flexibility index (Phi) is 5.68. The third kappa shape index (κ3) is 4.04. The van der Waals surface area contributed by atoms with Gasteiger partial charge in [-0.05, 0) is 24.3 Å². The van der Waals surface area contributed by atoms with E-state index in [2.05, 4.69) is 5.10 Å². The van der Waals surface area contributed by atoms with E-state index in [1.165, 1.54) is 44.6 Å². The lowest BCUT2D eigenvalue weighted by Crippen LogP contribution is -2.11. The van der Waals surface area contributed by atoms with Crippen molar-refractivity contribution in [2.75, 3.05) is 26.3 Å². The summed E-state index contributed by atoms with van der Waals surface area (Å²) >= 11 is 0. The van der Waals surface area contributed by atoms with Crippen LogP contribution in [0.15, 0.2) is 41.5 Å². The summed E-state index contributed by atoms with van der Waals surface area (Å²) in [6.07, 6.45) is 1.45. The molecule has 0 aliphatic rings. The van der Waals surface area contributed by atoms with Crippen molar-refractivity contribution in [2.24, 2.45) is 5.10 Å². The van der Waals surface area contributed by atoms with Gasteiger partial charge in [0.15, 0.2) is 0 Å². The highest BCUT2D eigenvalue weighted by Crippen LogP contribution is 2.31. The van der Waals surface area contributed by atoms with Gasteiger partial charge in [-0.2, -0.15) is 5.10 Å². The molecule has 136 valence electrons. The maximum Gasteiger partial charge on any atom is 0.301 e. The zero-order valence-corrected chi connectivity index (χ0v) is 14.3. The quantitative estimate of drug-likeness (QED) is 0.423. The third-order valence-corrected chi connectivity index (χ3v) is 3.52. The second-order valence-electron chi connectivity index (χ2n) is 5.06. The predicted octanol–water partition coefficient (Wildman–Crippen LogP) is 2.99. The van der Waals surface area contributed by atoms with Crippen molar-refractivity contribution in [3.8, 4) is 11.5 Å². The SMILES string of the molecule is COc1ccc(OC)c(/C=N/N(C)c2ccc([N+](=O)[O-])cc2[N+](=O)[O-])c1. The van der Waals surface area contributed by atoms with Gasteiger partial charge >= 0.3 is 5.69 Å². The summed E-state index contributed by atoms with van der Waals surface area (Å²) in [5.41, 5.74) is -0.0780. The molecule has 2 aromatic rings. The summed E-state index contributed by atoms with van der Waals surface area (Å²) in [5.74, 6) is 1.14. The highest BCUT2D eigenvalue weighted by Gasteiger charge is 2.21. The summed E-state index contributed by atoms with van der Waals surface area (Å²) in [5, 5.41) is 27.5. The van der Waals surface area contributed by atoms with Crippen molar-refractivity contribution in [1.29, 1.82) is 0 Å². The molecule has 0 N–H and O–H groups in total. The molecule has 0 aromatic heterocycles. The predicted molar refractivity (Wildman–Crippen MR) is 95.3 cm³/mol. The minimum absolute atomic E-state index is 0.110. The van der Waals surface area contributed by atoms with Crippen molar-refractivity contribution >= 4 is 23.3 Å². The zero-order chi connectivity index (χ0) is 19.3. The highest BCUT2D eigenvalue weighted by molar-refractivity contribution is 5.85. The fraction of sp³-hybridized carbons (Fsp3) is 0.188. The first kappa shape index (κ1) is 18.6. The zero-order valence-electron chi connectivity index (χ0n) is 14.3. The average Bonchev–Trinajstić information content (AvgIpc) is 2.65. The molecule has 0 amide bonds. The van der Waals surface area contributed by atoms with Crippen LogP contribution in [0.5, 0.6) is 11.5 Å². The maximum absolute atomic E-state index is 11.2. The molecule has 0 aliphatic heterocycles. The minimum atomic E-state index is -0.694. The number of methoxy groups -OCH3 is 2. The lowest BCUT2D eigenvalue weighted by molar-refractivity contribution is -0.393. The molecule has 10 nitrogen and oxygen atoms in total. The lowest BCUT2D eigenvalue weighted by atomic mass is 10.2. The number of hydrogen-bond acceptors (Lipinski definition) is 8. The van der Waals surface area contributed by atoms with Crippen molar-refractivity contribution in [3.05, 3.63) is 62.2 Å². The molecule has 0 atom stereocenters. The Labute approximate surface area is 148 Å². The van der Waals surface area contributed by atoms with Crippen LogP contribution >= 0.6 is 0 Å². The van der Waals surface area contributed by atoms with E-state index in [0.717, 1.165) is 6.07 Å². The van der Waals surface area contributed by atoms with Crippen molar-refractivity contribution < 1.29 is 19.3 Å². The number of hydrazone groups is 1. The summed E-state index contributed by atoms with van der Waals surface area (Å²) in [4.78, 5) is 20.7. The van der Waals surface area contributed by atoms with E-state index in [9.17, 15) is 20.2 Å². The van der Waals surface area contributed by atoms with E-state index in [1.54, 1.807) is 18.2 Å². The second kappa shape index (κ2) is 7.92. The first-order valence-corrected chi connectivity index (χ1v) is 7.30. The average molecular weight is 360 g/mol. The first-order valence-electron chi connectivity index (χ1n) is 7.30. The number of benzene rings is 2. The van der Waals surface area contributed by atoms with Gasteiger partial charge in [-0.25, -0.2) is 0 Å². The van der Waals surface area contributed by atoms with Crippen LogP contribution in [0.25, 0.3) is 0 Å². The van der Waals surface area contributed by atoms with Crippen LogP contribution in [0.3, 0.4) is 0 Å². The van der Waals surface area contributed by atoms with Crippen LogP contribution in [0.2, 0.25) is 0 Å². The second-order valence-corrected chi connectivity index (χ2v) is 5.06. The van der Waals surface area contributed by atoms with Gasteiger partial charge in [-0.3, -0.25) is 25.2 Å². The van der Waals surface area contributed by atoms with Crippen LogP contribution in [0, 0.1) is 20.2 Å². The molecule has 10 heteroatoms. The van der Waals surface area contributed by atoms with Crippen LogP contribution in [0.4, 0.5) is 17.1 Å². The van der Waals surface area contributed by atoms with Gasteiger partial charge in [0.05, 0.1) is 36.3 Å². The van der Waals surface area contributed by atoms with Crippen molar-refractivity contribution in [1.82, 2.24) is 0 Å². The molecule has 0 unspecified atom stereocenters. The number of nitro benzene ring substituents is 2. The Hall–Kier alpha value is -3.69. The lowest BCUT2D eigenvalue weighted by Gasteiger charge is -2.13. The minimum Gasteiger partial charge on any atom is -0.497 e. The number of non-ortho nitro benzene ring substituents is 1. The summed E-state index contributed by atoms with van der Waals surface area (Å²) < 4.78 is 10.4. The topological polar surface area (TPSA) is 120 Å². The number of hydrogen-bond donors (Lipinski definition) is 0. The summed E-state index contributed by atoms with van der Waals surface area (Å²) in [7, 11) is 4.52. The van der Waals surface area contributed by atoms with Gasteiger partial charge in [0.1, 0.15) is 17.2 Å². The molecule has 0 fully saturated rings. The van der Waals surface area contributed by atoms with E-state index in [1.807, 2.05) is 0 Å². The number of rotatable bonds is 7. The molecule has 2 aromatic carbocycles. The molecule has 0 spiro atoms. The molecule has 0 aliphatic carbocycles. The molecular weight excluding hydrogens is 344 g/mol. The van der Waals surface area contributed by atoms with Gasteiger partial charge in [0.25, 0.3) is 5.69 Å². The molecule has 0 bridgehead atoms. The molecule has 0 saturated carbocycles. The molecule has 26 heavy (non-hydrogen) atoms. The van der Waals surface area contributed by atoms with Crippen molar-refractivity contribution in [2.45, 2.75) is 0 Å². The Morgan fingerprint density at radius 1 is 1.04 bits per heavy atom. The van der Waals surface area contributed by atoms with Crippen LogP contribution in [-0.2, 0) is 0 Å². The number of ether oxygens (including phenoxy) is 2. The largest absolute Gasteiger partial charge is 0.497 e. The number of nitrogens with zero attached hydrogens (tertiary/aromatic N) is 4. The van der Waals surface area contributed by atoms with Crippen LogP contribution in [-0.4, -0.2) is 37.3 Å². The van der Waals surface area contributed by atoms with Gasteiger partial charge in [-0.1, -0.05) is 0 Å². The summed E-state index contributed by atoms with van der Waals surface area (Å²) in [6.45, 7) is 0. The molecular formula is C16H16N4O6. The van der Waals surface area contributed by atoms with Gasteiger partial charge in [0, 0.05) is 18.7 Å². The van der Waals surface area contributed by atoms with E-state index in [-0.39, 0.29) is 11.4 Å². The third-order valence-electron chi connectivity index (χ3n) is 3.52. The monoisotopic (exact) mass is 360 g/mol. The van der Waals surface area contributed by atoms with E-state index >= 15 is 0 Å². The fourth-order valence-corrected chi connectivity index (χ4v) is 2.20. The smallest absolute Gasteiger partial charge is 0.301 e. The van der Waals surface area contributed by atoms with E-state index < -0.39 is 15.5 Å². The Morgan fingerprint density at radius 3 is 2.35 bits per heavy atom. The molecule has 0 saturated heterocycles.